The van der Waals surface area contributed by atoms with Crippen LogP contribution in [0.3, 0.4) is 0 Å². The van der Waals surface area contributed by atoms with E-state index in [4.69, 9.17) is 9.15 Å². The highest BCUT2D eigenvalue weighted by atomic mass is 32.2. The second kappa shape index (κ2) is 8.58. The highest BCUT2D eigenvalue weighted by molar-refractivity contribution is 8.13. The van der Waals surface area contributed by atoms with Crippen LogP contribution in [0.15, 0.2) is 46.6 Å². The normalized spacial score (nSPS) is 45.6. The number of carbonyl (C=O) groups excluding carboxylic acids is 3. The molecule has 0 amide bonds. The van der Waals surface area contributed by atoms with Gasteiger partial charge in [0.1, 0.15) is 12.2 Å². The third kappa shape index (κ3) is 3.10. The minimum atomic E-state index is -2.38. The maximum Gasteiger partial charge on any atom is 0.375 e. The van der Waals surface area contributed by atoms with Crippen molar-refractivity contribution in [1.29, 1.82) is 0 Å². The molecule has 0 saturated heterocycles. The largest absolute Gasteiger partial charge is 0.457 e. The Hall–Kier alpha value is -2.33. The number of fused-ring (bicyclic) bond motifs is 5. The summed E-state index contributed by atoms with van der Waals surface area (Å²) < 4.78 is 58.1. The molecule has 5 rings (SSSR count). The molecule has 1 aromatic rings. The van der Waals surface area contributed by atoms with Crippen molar-refractivity contribution in [3.05, 3.63) is 48.0 Å². The van der Waals surface area contributed by atoms with Gasteiger partial charge in [0.05, 0.1) is 12.4 Å². The fourth-order valence-corrected chi connectivity index (χ4v) is 9.26. The first-order valence-electron chi connectivity index (χ1n) is 12.7. The Kier molecular flexibility index (Phi) is 6.15. The highest BCUT2D eigenvalue weighted by Gasteiger charge is 2.82. The van der Waals surface area contributed by atoms with Gasteiger partial charge in [-0.05, 0) is 73.2 Å². The van der Waals surface area contributed by atoms with E-state index in [9.17, 15) is 23.9 Å². The van der Waals surface area contributed by atoms with Crippen molar-refractivity contribution in [2.45, 2.75) is 70.5 Å². The van der Waals surface area contributed by atoms with Gasteiger partial charge in [-0.25, -0.2) is 18.0 Å². The fraction of sp³-hybridized carbons (Fsp3) is 0.607. The summed E-state index contributed by atoms with van der Waals surface area (Å²) >= 11 is 0.351. The van der Waals surface area contributed by atoms with E-state index in [1.807, 2.05) is 0 Å². The average Bonchev–Trinajstić information content (AvgIpc) is 3.44. The number of rotatable bonds is 4. The van der Waals surface area contributed by atoms with Gasteiger partial charge < -0.3 is 14.3 Å². The lowest BCUT2D eigenvalue weighted by atomic mass is 9.40. The standard InChI is InChI=1S/C28H31F3O6S/c1-15-12-25(3)20-11-18(30)17-10-16(32)7-8-24(17,2)27(20,31)21(33)13-26(25,4)28(15,23(35)38-14-29)37-22(34)19-6-5-9-36-19/h5-10,15,18,20-21,33H,11-14H2,1-4H3/t15-,18+,20+,21+,24+,25+,26+,27+,28+/m1/s1. The number of aliphatic hydroxyl groups is 1. The van der Waals surface area contributed by atoms with Crippen molar-refractivity contribution in [1.82, 2.24) is 0 Å². The number of furan rings is 1. The Morgan fingerprint density at radius 1 is 1.26 bits per heavy atom. The van der Waals surface area contributed by atoms with Gasteiger partial charge in [-0.2, -0.15) is 0 Å². The summed E-state index contributed by atoms with van der Waals surface area (Å²) in [5.74, 6) is -3.39. The number of carbonyl (C=O) groups is 3. The number of halogens is 3. The number of esters is 1. The number of ether oxygens (including phenoxy) is 1. The van der Waals surface area contributed by atoms with Gasteiger partial charge in [-0.3, -0.25) is 9.59 Å². The summed E-state index contributed by atoms with van der Waals surface area (Å²) in [4.78, 5) is 39.0. The average molecular weight is 553 g/mol. The van der Waals surface area contributed by atoms with Crippen LogP contribution in [0.25, 0.3) is 0 Å². The van der Waals surface area contributed by atoms with E-state index in [0.717, 1.165) is 6.08 Å². The van der Waals surface area contributed by atoms with Gasteiger partial charge in [0, 0.05) is 22.7 Å². The van der Waals surface area contributed by atoms with Crippen molar-refractivity contribution < 1.29 is 41.8 Å². The third-order valence-electron chi connectivity index (χ3n) is 10.4. The lowest BCUT2D eigenvalue weighted by molar-refractivity contribution is -0.249. The molecule has 9 atom stereocenters. The van der Waals surface area contributed by atoms with Crippen molar-refractivity contribution in [2.24, 2.45) is 28.1 Å². The van der Waals surface area contributed by atoms with Crippen molar-refractivity contribution in [3.8, 4) is 0 Å². The van der Waals surface area contributed by atoms with Crippen LogP contribution < -0.4 is 0 Å². The van der Waals surface area contributed by atoms with E-state index in [0.29, 0.717) is 11.8 Å². The van der Waals surface area contributed by atoms with E-state index in [1.165, 1.54) is 37.5 Å². The monoisotopic (exact) mass is 552 g/mol. The predicted octanol–water partition coefficient (Wildman–Crippen LogP) is 5.32. The smallest absolute Gasteiger partial charge is 0.375 e. The first-order valence-corrected chi connectivity index (χ1v) is 13.7. The molecule has 4 aliphatic carbocycles. The van der Waals surface area contributed by atoms with Crippen molar-refractivity contribution in [3.63, 3.8) is 0 Å². The number of allylic oxidation sites excluding steroid dienone is 4. The second-order valence-corrected chi connectivity index (χ2v) is 12.7. The summed E-state index contributed by atoms with van der Waals surface area (Å²) in [5, 5.41) is 10.9. The maximum atomic E-state index is 17.6. The Balaban J connectivity index is 1.69. The molecular formula is C28H31F3O6S. The first-order chi connectivity index (χ1) is 17.7. The van der Waals surface area contributed by atoms with Crippen LogP contribution in [0.2, 0.25) is 0 Å². The van der Waals surface area contributed by atoms with Crippen LogP contribution in [0.4, 0.5) is 13.2 Å². The Morgan fingerprint density at radius 3 is 2.61 bits per heavy atom. The van der Waals surface area contributed by atoms with E-state index in [1.54, 1.807) is 20.8 Å². The second-order valence-electron chi connectivity index (χ2n) is 11.8. The van der Waals surface area contributed by atoms with E-state index in [2.05, 4.69) is 0 Å². The summed E-state index contributed by atoms with van der Waals surface area (Å²) in [7, 11) is 0. The van der Waals surface area contributed by atoms with Gasteiger partial charge in [0.2, 0.25) is 10.9 Å². The molecule has 1 heterocycles. The first kappa shape index (κ1) is 27.2. The molecule has 1 aromatic heterocycles. The minimum absolute atomic E-state index is 0.0133. The zero-order valence-electron chi connectivity index (χ0n) is 21.6. The molecular weight excluding hydrogens is 521 g/mol. The number of ketones is 1. The zero-order chi connectivity index (χ0) is 27.9. The molecule has 0 spiro atoms. The molecule has 0 bridgehead atoms. The minimum Gasteiger partial charge on any atom is -0.457 e. The van der Waals surface area contributed by atoms with Crippen molar-refractivity contribution >= 4 is 28.6 Å². The molecule has 1 N–H and O–H groups in total. The van der Waals surface area contributed by atoms with Gasteiger partial charge in [0.25, 0.3) is 0 Å². The van der Waals surface area contributed by atoms with Crippen LogP contribution in [0.1, 0.15) is 57.5 Å². The molecule has 38 heavy (non-hydrogen) atoms. The molecule has 10 heteroatoms. The van der Waals surface area contributed by atoms with Crippen LogP contribution in [0.5, 0.6) is 0 Å². The summed E-state index contributed by atoms with van der Waals surface area (Å²) in [6, 6.07) is 1.77. The number of aliphatic hydroxyl groups excluding tert-OH is 1. The number of hydrogen-bond donors (Lipinski definition) is 1. The predicted molar refractivity (Wildman–Crippen MR) is 133 cm³/mol. The maximum absolute atomic E-state index is 17.6. The van der Waals surface area contributed by atoms with E-state index in [-0.39, 0.29) is 30.6 Å². The van der Waals surface area contributed by atoms with E-state index < -0.39 is 74.5 Å². The third-order valence-corrected chi connectivity index (χ3v) is 11.1. The Labute approximate surface area is 223 Å². The van der Waals surface area contributed by atoms with Gasteiger partial charge in [-0.15, -0.1) is 0 Å². The molecule has 4 aliphatic rings. The highest BCUT2D eigenvalue weighted by Crippen LogP contribution is 2.77. The molecule has 206 valence electrons. The quantitative estimate of drug-likeness (QED) is 0.506. The molecule has 0 radical (unpaired) electrons. The van der Waals surface area contributed by atoms with Crippen LogP contribution in [0, 0.1) is 28.1 Å². The summed E-state index contributed by atoms with van der Waals surface area (Å²) in [6.07, 6.45) is 1.04. The summed E-state index contributed by atoms with van der Waals surface area (Å²) in [6.45, 7) is 6.55. The van der Waals surface area contributed by atoms with Gasteiger partial charge >= 0.3 is 5.97 Å². The topological polar surface area (TPSA) is 93.8 Å². The molecule has 6 nitrogen and oxygen atoms in total. The molecule has 0 unspecified atom stereocenters. The van der Waals surface area contributed by atoms with Crippen LogP contribution >= 0.6 is 11.8 Å². The van der Waals surface area contributed by atoms with Crippen molar-refractivity contribution in [2.75, 3.05) is 6.01 Å². The Morgan fingerprint density at radius 2 is 1.97 bits per heavy atom. The van der Waals surface area contributed by atoms with Crippen LogP contribution in [-0.2, 0) is 14.3 Å². The fourth-order valence-electron chi connectivity index (χ4n) is 8.48. The molecule has 0 aliphatic heterocycles. The number of hydrogen-bond acceptors (Lipinski definition) is 7. The lowest BCUT2D eigenvalue weighted by Crippen LogP contribution is -2.73. The molecule has 3 fully saturated rings. The molecule has 0 aromatic carbocycles. The van der Waals surface area contributed by atoms with Gasteiger partial charge in [0.15, 0.2) is 17.1 Å². The Bertz CT molecular complexity index is 1250. The van der Waals surface area contributed by atoms with Crippen LogP contribution in [-0.4, -0.2) is 51.5 Å². The molecule has 3 saturated carbocycles. The van der Waals surface area contributed by atoms with E-state index >= 15 is 8.78 Å². The number of alkyl halides is 3. The number of thioether (sulfide) groups is 1. The van der Waals surface area contributed by atoms with Gasteiger partial charge in [-0.1, -0.05) is 26.8 Å². The SMILES string of the molecule is C[C@@H]1C[C@@]2(C)[C@@H]3C[C@H](F)C4=CC(=O)C=C[C@]4(C)[C@@]3(F)[C@@H](O)C[C@]2(C)[C@@]1(OC(=O)c1ccco1)C(=O)SCF. The lowest BCUT2D eigenvalue weighted by Gasteiger charge is -2.66. The zero-order valence-corrected chi connectivity index (χ0v) is 22.4. The summed E-state index contributed by atoms with van der Waals surface area (Å²) in [5.41, 5.74) is -8.52.